The highest BCUT2D eigenvalue weighted by Crippen LogP contribution is 2.34. The van der Waals surface area contributed by atoms with E-state index in [0.29, 0.717) is 11.8 Å². The van der Waals surface area contributed by atoms with Crippen LogP contribution in [0.15, 0.2) is 0 Å². The van der Waals surface area contributed by atoms with Gasteiger partial charge in [0, 0.05) is 5.92 Å². The topological polar surface area (TPSA) is 26.3 Å². The maximum atomic E-state index is 11.3. The highest BCUT2D eigenvalue weighted by molar-refractivity contribution is 9.10. The van der Waals surface area contributed by atoms with Crippen LogP contribution in [-0.2, 0) is 9.53 Å². The average Bonchev–Trinajstić information content (AvgIpc) is 2.31. The second-order valence-electron chi connectivity index (χ2n) is 4.27. The minimum absolute atomic E-state index is 0.0804. The van der Waals surface area contributed by atoms with Crippen LogP contribution in [0.1, 0.15) is 27.7 Å². The number of esters is 1. The number of carbonyl (C=O) groups excluding carboxylic acids is 1. The summed E-state index contributed by atoms with van der Waals surface area (Å²) in [5, 5.41) is 0. The largest absolute Gasteiger partial charge is 0.461 e. The molecule has 1 saturated heterocycles. The predicted octanol–water partition coefficient (Wildman–Crippen LogP) is 2.60. The first-order valence-electron chi connectivity index (χ1n) is 4.79. The van der Waals surface area contributed by atoms with Crippen molar-refractivity contribution in [2.45, 2.75) is 38.6 Å². The molecule has 1 heterocycles. The molecule has 0 bridgehead atoms. The number of cyclic esters (lactones) is 1. The van der Waals surface area contributed by atoms with E-state index < -0.39 is 0 Å². The van der Waals surface area contributed by atoms with Crippen molar-refractivity contribution in [1.29, 1.82) is 0 Å². The molecule has 0 aromatic rings. The van der Waals surface area contributed by atoms with E-state index in [1.54, 1.807) is 0 Å². The molecule has 0 radical (unpaired) electrons. The van der Waals surface area contributed by atoms with E-state index in [1.807, 2.05) is 0 Å². The van der Waals surface area contributed by atoms with Crippen LogP contribution in [0.5, 0.6) is 0 Å². The van der Waals surface area contributed by atoms with Gasteiger partial charge in [-0.2, -0.15) is 0 Å². The minimum Gasteiger partial charge on any atom is -0.461 e. The molecule has 0 aromatic carbocycles. The van der Waals surface area contributed by atoms with E-state index in [0.717, 1.165) is 0 Å². The highest BCUT2D eigenvalue weighted by Gasteiger charge is 2.43. The van der Waals surface area contributed by atoms with Gasteiger partial charge in [-0.1, -0.05) is 43.6 Å². The van der Waals surface area contributed by atoms with Crippen molar-refractivity contribution >= 4 is 21.9 Å². The van der Waals surface area contributed by atoms with Gasteiger partial charge in [-0.05, 0) is 11.8 Å². The summed E-state index contributed by atoms with van der Waals surface area (Å²) >= 11 is 3.35. The summed E-state index contributed by atoms with van der Waals surface area (Å²) < 4.78 is 5.32. The smallest absolute Gasteiger partial charge is 0.320 e. The molecule has 0 amide bonds. The van der Waals surface area contributed by atoms with E-state index >= 15 is 0 Å². The number of hydrogen-bond acceptors (Lipinski definition) is 2. The van der Waals surface area contributed by atoms with Crippen LogP contribution >= 0.6 is 15.9 Å². The third kappa shape index (κ3) is 2.06. The molecule has 0 aliphatic carbocycles. The van der Waals surface area contributed by atoms with E-state index in [-0.39, 0.29) is 22.8 Å². The number of hydrogen-bond donors (Lipinski definition) is 0. The zero-order chi connectivity index (χ0) is 10.2. The summed E-state index contributed by atoms with van der Waals surface area (Å²) in [6, 6.07) is 0. The lowest BCUT2D eigenvalue weighted by atomic mass is 9.86. The van der Waals surface area contributed by atoms with Crippen molar-refractivity contribution in [1.82, 2.24) is 0 Å². The fourth-order valence-corrected chi connectivity index (χ4v) is 2.06. The van der Waals surface area contributed by atoms with Crippen LogP contribution in [0.2, 0.25) is 0 Å². The molecular weight excluding hydrogens is 232 g/mol. The Labute approximate surface area is 88.2 Å². The Morgan fingerprint density at radius 2 is 1.92 bits per heavy atom. The molecule has 0 unspecified atom stereocenters. The average molecular weight is 249 g/mol. The molecule has 1 aliphatic heterocycles. The Balaban J connectivity index is 2.68. The number of carbonyl (C=O) groups is 1. The van der Waals surface area contributed by atoms with E-state index in [1.165, 1.54) is 0 Å². The normalized spacial score (nSPS) is 36.5. The second-order valence-corrected chi connectivity index (χ2v) is 5.25. The van der Waals surface area contributed by atoms with Crippen LogP contribution in [0, 0.1) is 17.8 Å². The zero-order valence-corrected chi connectivity index (χ0v) is 10.2. The Morgan fingerprint density at radius 1 is 1.38 bits per heavy atom. The molecule has 0 aromatic heterocycles. The van der Waals surface area contributed by atoms with Crippen molar-refractivity contribution in [3.8, 4) is 0 Å². The van der Waals surface area contributed by atoms with Crippen molar-refractivity contribution in [3.63, 3.8) is 0 Å². The zero-order valence-electron chi connectivity index (χ0n) is 8.58. The van der Waals surface area contributed by atoms with Crippen LogP contribution in [-0.4, -0.2) is 16.9 Å². The Bertz CT molecular complexity index is 203. The summed E-state index contributed by atoms with van der Waals surface area (Å²) in [5.74, 6) is 1.16. The maximum Gasteiger partial charge on any atom is 0.320 e. The number of rotatable bonds is 2. The predicted molar refractivity (Wildman–Crippen MR) is 55.8 cm³/mol. The van der Waals surface area contributed by atoms with Gasteiger partial charge in [0.15, 0.2) is 0 Å². The Hall–Kier alpha value is -0.0500. The van der Waals surface area contributed by atoms with Gasteiger partial charge in [0.25, 0.3) is 0 Å². The first-order valence-corrected chi connectivity index (χ1v) is 5.71. The summed E-state index contributed by atoms with van der Waals surface area (Å²) in [5.41, 5.74) is 0. The lowest BCUT2D eigenvalue weighted by Gasteiger charge is -2.24. The van der Waals surface area contributed by atoms with Crippen LogP contribution in [0.25, 0.3) is 0 Å². The Kier molecular flexibility index (Phi) is 3.38. The fourth-order valence-electron chi connectivity index (χ4n) is 1.65. The van der Waals surface area contributed by atoms with Gasteiger partial charge >= 0.3 is 5.97 Å². The SMILES string of the molecule is CC(C)[C@H](C)[C@@H]1OC(=O)[C@@H](Br)[C@@H]1C. The van der Waals surface area contributed by atoms with Gasteiger partial charge in [0.2, 0.25) is 0 Å². The molecule has 1 aliphatic rings. The first kappa shape index (κ1) is 11.0. The van der Waals surface area contributed by atoms with Gasteiger partial charge in [-0.25, -0.2) is 0 Å². The summed E-state index contributed by atoms with van der Waals surface area (Å²) in [6.07, 6.45) is 0.0804. The van der Waals surface area contributed by atoms with Crippen molar-refractivity contribution in [2.24, 2.45) is 17.8 Å². The molecule has 1 rings (SSSR count). The molecule has 0 spiro atoms. The summed E-state index contributed by atoms with van der Waals surface area (Å²) in [6.45, 7) is 8.53. The van der Waals surface area contributed by atoms with E-state index in [9.17, 15) is 4.79 Å². The molecule has 0 saturated carbocycles. The van der Waals surface area contributed by atoms with Crippen molar-refractivity contribution < 1.29 is 9.53 Å². The molecular formula is C10H17BrO2. The molecule has 13 heavy (non-hydrogen) atoms. The van der Waals surface area contributed by atoms with Crippen molar-refractivity contribution in [3.05, 3.63) is 0 Å². The number of ether oxygens (including phenoxy) is 1. The monoisotopic (exact) mass is 248 g/mol. The lowest BCUT2D eigenvalue weighted by molar-refractivity contribution is -0.143. The van der Waals surface area contributed by atoms with Crippen molar-refractivity contribution in [2.75, 3.05) is 0 Å². The first-order chi connectivity index (χ1) is 5.95. The van der Waals surface area contributed by atoms with Gasteiger partial charge in [0.1, 0.15) is 10.9 Å². The number of alkyl halides is 1. The second kappa shape index (κ2) is 3.99. The quantitative estimate of drug-likeness (QED) is 0.555. The Morgan fingerprint density at radius 3 is 2.23 bits per heavy atom. The molecule has 1 fully saturated rings. The summed E-state index contributed by atoms with van der Waals surface area (Å²) in [4.78, 5) is 11.1. The van der Waals surface area contributed by atoms with Gasteiger partial charge in [-0.3, -0.25) is 4.79 Å². The molecule has 76 valence electrons. The number of halogens is 1. The van der Waals surface area contributed by atoms with E-state index in [2.05, 4.69) is 43.6 Å². The molecule has 0 N–H and O–H groups in total. The van der Waals surface area contributed by atoms with E-state index in [4.69, 9.17) is 4.74 Å². The molecule has 4 atom stereocenters. The molecule has 3 heteroatoms. The highest BCUT2D eigenvalue weighted by atomic mass is 79.9. The molecule has 2 nitrogen and oxygen atoms in total. The third-order valence-electron chi connectivity index (χ3n) is 3.03. The third-order valence-corrected chi connectivity index (χ3v) is 4.23. The maximum absolute atomic E-state index is 11.3. The van der Waals surface area contributed by atoms with Gasteiger partial charge < -0.3 is 4.74 Å². The standard InChI is InChI=1S/C10H17BrO2/c1-5(2)6(3)9-7(4)8(11)10(12)13-9/h5-9H,1-4H3/t6-,7-,8-,9-/m0/s1. The van der Waals surface area contributed by atoms with Crippen LogP contribution < -0.4 is 0 Å². The lowest BCUT2D eigenvalue weighted by Crippen LogP contribution is -2.28. The summed E-state index contributed by atoms with van der Waals surface area (Å²) in [7, 11) is 0. The van der Waals surface area contributed by atoms with Gasteiger partial charge in [0.05, 0.1) is 0 Å². The van der Waals surface area contributed by atoms with Gasteiger partial charge in [-0.15, -0.1) is 0 Å². The van der Waals surface area contributed by atoms with Crippen LogP contribution in [0.3, 0.4) is 0 Å². The minimum atomic E-state index is -0.112. The fraction of sp³-hybridized carbons (Fsp3) is 0.900. The van der Waals surface area contributed by atoms with Crippen LogP contribution in [0.4, 0.5) is 0 Å².